The van der Waals surface area contributed by atoms with Crippen LogP contribution < -0.4 is 0 Å². The SMILES string of the molecule is CC(C)=CCN(CCBr)C1CCCCC1. The molecule has 0 N–H and O–H groups in total. The van der Waals surface area contributed by atoms with Gasteiger partial charge in [0, 0.05) is 24.5 Å². The summed E-state index contributed by atoms with van der Waals surface area (Å²) in [6, 6.07) is 0.840. The van der Waals surface area contributed by atoms with Crippen LogP contribution in [0, 0.1) is 0 Å². The second-order valence-corrected chi connectivity index (χ2v) is 5.55. The standard InChI is InChI=1S/C13H24BrN/c1-12(2)8-10-15(11-9-14)13-6-4-3-5-7-13/h8,13H,3-7,9-11H2,1-2H3. The van der Waals surface area contributed by atoms with E-state index in [-0.39, 0.29) is 0 Å². The summed E-state index contributed by atoms with van der Waals surface area (Å²) in [5.41, 5.74) is 1.44. The Balaban J connectivity index is 2.43. The first-order valence-electron chi connectivity index (χ1n) is 6.17. The fourth-order valence-corrected chi connectivity index (χ4v) is 2.73. The van der Waals surface area contributed by atoms with Crippen LogP contribution in [0.3, 0.4) is 0 Å². The van der Waals surface area contributed by atoms with E-state index in [9.17, 15) is 0 Å². The van der Waals surface area contributed by atoms with Crippen molar-refractivity contribution < 1.29 is 0 Å². The summed E-state index contributed by atoms with van der Waals surface area (Å²) >= 11 is 3.56. The van der Waals surface area contributed by atoms with Crippen molar-refractivity contribution in [2.24, 2.45) is 0 Å². The van der Waals surface area contributed by atoms with Gasteiger partial charge < -0.3 is 0 Å². The van der Waals surface area contributed by atoms with Crippen LogP contribution in [0.4, 0.5) is 0 Å². The molecule has 0 spiro atoms. The van der Waals surface area contributed by atoms with Gasteiger partial charge in [-0.3, -0.25) is 4.90 Å². The molecule has 0 aromatic carbocycles. The van der Waals surface area contributed by atoms with Gasteiger partial charge in [0.1, 0.15) is 0 Å². The van der Waals surface area contributed by atoms with Gasteiger partial charge in [-0.25, -0.2) is 0 Å². The summed E-state index contributed by atoms with van der Waals surface area (Å²) in [6.45, 7) is 6.70. The molecule has 0 radical (unpaired) electrons. The highest BCUT2D eigenvalue weighted by Crippen LogP contribution is 2.22. The van der Waals surface area contributed by atoms with E-state index in [2.05, 4.69) is 40.8 Å². The molecule has 0 amide bonds. The van der Waals surface area contributed by atoms with Gasteiger partial charge in [-0.05, 0) is 26.7 Å². The van der Waals surface area contributed by atoms with Crippen LogP contribution in [0.1, 0.15) is 46.0 Å². The smallest absolute Gasteiger partial charge is 0.0168 e. The van der Waals surface area contributed by atoms with Crippen LogP contribution in [0.25, 0.3) is 0 Å². The lowest BCUT2D eigenvalue weighted by Gasteiger charge is -2.33. The highest BCUT2D eigenvalue weighted by atomic mass is 79.9. The zero-order chi connectivity index (χ0) is 11.1. The van der Waals surface area contributed by atoms with E-state index in [0.717, 1.165) is 17.9 Å². The van der Waals surface area contributed by atoms with Crippen LogP contribution in [-0.2, 0) is 0 Å². The molecule has 88 valence electrons. The number of allylic oxidation sites excluding steroid dienone is 1. The minimum atomic E-state index is 0.840. The van der Waals surface area contributed by atoms with Gasteiger partial charge in [0.15, 0.2) is 0 Å². The molecule has 0 heterocycles. The fourth-order valence-electron chi connectivity index (χ4n) is 2.28. The summed E-state index contributed by atoms with van der Waals surface area (Å²) in [5, 5.41) is 1.10. The van der Waals surface area contributed by atoms with Gasteiger partial charge in [-0.1, -0.05) is 46.8 Å². The van der Waals surface area contributed by atoms with Crippen LogP contribution in [0.15, 0.2) is 11.6 Å². The lowest BCUT2D eigenvalue weighted by Crippen LogP contribution is -2.38. The van der Waals surface area contributed by atoms with Gasteiger partial charge in [0.25, 0.3) is 0 Å². The van der Waals surface area contributed by atoms with Crippen LogP contribution in [-0.4, -0.2) is 29.4 Å². The lowest BCUT2D eigenvalue weighted by atomic mass is 9.94. The lowest BCUT2D eigenvalue weighted by molar-refractivity contribution is 0.182. The molecule has 0 aliphatic heterocycles. The molecule has 2 heteroatoms. The van der Waals surface area contributed by atoms with E-state index < -0.39 is 0 Å². The van der Waals surface area contributed by atoms with Crippen molar-refractivity contribution in [1.29, 1.82) is 0 Å². The number of rotatable bonds is 5. The van der Waals surface area contributed by atoms with Crippen molar-refractivity contribution in [1.82, 2.24) is 4.90 Å². The van der Waals surface area contributed by atoms with Crippen molar-refractivity contribution >= 4 is 15.9 Å². The summed E-state index contributed by atoms with van der Waals surface area (Å²) in [4.78, 5) is 2.64. The minimum absolute atomic E-state index is 0.840. The number of nitrogens with zero attached hydrogens (tertiary/aromatic N) is 1. The van der Waals surface area contributed by atoms with Crippen LogP contribution in [0.5, 0.6) is 0 Å². The first-order valence-corrected chi connectivity index (χ1v) is 7.29. The number of hydrogen-bond donors (Lipinski definition) is 0. The third-order valence-corrected chi connectivity index (χ3v) is 3.55. The molecule has 1 saturated carbocycles. The number of halogens is 1. The maximum atomic E-state index is 3.56. The Bertz CT molecular complexity index is 191. The summed E-state index contributed by atoms with van der Waals surface area (Å²) in [6.07, 6.45) is 9.47. The maximum absolute atomic E-state index is 3.56. The molecule has 15 heavy (non-hydrogen) atoms. The van der Waals surface area contributed by atoms with E-state index in [1.165, 1.54) is 44.2 Å². The van der Waals surface area contributed by atoms with Crippen LogP contribution in [0.2, 0.25) is 0 Å². The Morgan fingerprint density at radius 3 is 2.47 bits per heavy atom. The average Bonchev–Trinajstić information content (AvgIpc) is 2.25. The number of hydrogen-bond acceptors (Lipinski definition) is 1. The highest BCUT2D eigenvalue weighted by molar-refractivity contribution is 9.09. The van der Waals surface area contributed by atoms with E-state index in [4.69, 9.17) is 0 Å². The number of alkyl halides is 1. The minimum Gasteiger partial charge on any atom is -0.296 e. The molecule has 0 aromatic heterocycles. The van der Waals surface area contributed by atoms with E-state index in [1.807, 2.05) is 0 Å². The Morgan fingerprint density at radius 1 is 1.27 bits per heavy atom. The van der Waals surface area contributed by atoms with Crippen molar-refractivity contribution in [2.75, 3.05) is 18.4 Å². The highest BCUT2D eigenvalue weighted by Gasteiger charge is 2.19. The van der Waals surface area contributed by atoms with E-state index in [0.29, 0.717) is 0 Å². The topological polar surface area (TPSA) is 3.24 Å². The molecule has 0 unspecified atom stereocenters. The second kappa shape index (κ2) is 7.45. The second-order valence-electron chi connectivity index (χ2n) is 4.76. The zero-order valence-electron chi connectivity index (χ0n) is 10.1. The van der Waals surface area contributed by atoms with Crippen molar-refractivity contribution in [3.8, 4) is 0 Å². The van der Waals surface area contributed by atoms with Crippen LogP contribution >= 0.6 is 15.9 Å². The molecule has 1 aliphatic carbocycles. The monoisotopic (exact) mass is 273 g/mol. The van der Waals surface area contributed by atoms with Gasteiger partial charge in [0.2, 0.25) is 0 Å². The van der Waals surface area contributed by atoms with Gasteiger partial charge in [0.05, 0.1) is 0 Å². The molecular formula is C13H24BrN. The Morgan fingerprint density at radius 2 is 1.93 bits per heavy atom. The first kappa shape index (κ1) is 13.2. The quantitative estimate of drug-likeness (QED) is 0.541. The van der Waals surface area contributed by atoms with Crippen molar-refractivity contribution in [3.63, 3.8) is 0 Å². The molecular weight excluding hydrogens is 250 g/mol. The molecule has 0 aromatic rings. The average molecular weight is 274 g/mol. The first-order chi connectivity index (χ1) is 7.24. The Kier molecular flexibility index (Phi) is 6.58. The molecule has 0 atom stereocenters. The molecule has 0 bridgehead atoms. The summed E-state index contributed by atoms with van der Waals surface area (Å²) in [5.74, 6) is 0. The predicted molar refractivity (Wildman–Crippen MR) is 71.7 cm³/mol. The van der Waals surface area contributed by atoms with Gasteiger partial charge in [-0.15, -0.1) is 0 Å². The van der Waals surface area contributed by atoms with Gasteiger partial charge in [-0.2, -0.15) is 0 Å². The molecule has 1 aliphatic rings. The largest absolute Gasteiger partial charge is 0.296 e. The Labute approximate surface area is 103 Å². The zero-order valence-corrected chi connectivity index (χ0v) is 11.7. The summed E-state index contributed by atoms with van der Waals surface area (Å²) < 4.78 is 0. The summed E-state index contributed by atoms with van der Waals surface area (Å²) in [7, 11) is 0. The Hall–Kier alpha value is 0.180. The van der Waals surface area contributed by atoms with Crippen molar-refractivity contribution in [2.45, 2.75) is 52.0 Å². The predicted octanol–water partition coefficient (Wildman–Crippen LogP) is 3.98. The fraction of sp³-hybridized carbons (Fsp3) is 0.846. The third-order valence-electron chi connectivity index (χ3n) is 3.20. The van der Waals surface area contributed by atoms with Crippen molar-refractivity contribution in [3.05, 3.63) is 11.6 Å². The molecule has 1 rings (SSSR count). The van der Waals surface area contributed by atoms with Gasteiger partial charge >= 0.3 is 0 Å². The maximum Gasteiger partial charge on any atom is 0.0168 e. The third kappa shape index (κ3) is 5.17. The molecule has 0 saturated heterocycles. The van der Waals surface area contributed by atoms with E-state index >= 15 is 0 Å². The molecule has 1 nitrogen and oxygen atoms in total. The normalized spacial score (nSPS) is 18.1. The molecule has 1 fully saturated rings. The van der Waals surface area contributed by atoms with E-state index in [1.54, 1.807) is 0 Å².